The Bertz CT molecular complexity index is 1270. The Morgan fingerprint density at radius 3 is 2.58 bits per heavy atom. The molecule has 1 unspecified atom stereocenters. The summed E-state index contributed by atoms with van der Waals surface area (Å²) in [5.41, 5.74) is 5.31. The van der Waals surface area contributed by atoms with Crippen molar-refractivity contribution in [1.82, 2.24) is 15.1 Å². The number of carbonyl (C=O) groups excluding carboxylic acids is 1. The molecule has 2 heterocycles. The predicted molar refractivity (Wildman–Crippen MR) is 130 cm³/mol. The van der Waals surface area contributed by atoms with Crippen LogP contribution in [0, 0.1) is 0 Å². The van der Waals surface area contributed by atoms with Gasteiger partial charge in [-0.15, -0.1) is 0 Å². The van der Waals surface area contributed by atoms with Crippen molar-refractivity contribution in [1.29, 1.82) is 0 Å². The minimum absolute atomic E-state index is 0.0412. The van der Waals surface area contributed by atoms with Gasteiger partial charge in [0.25, 0.3) is 5.91 Å². The van der Waals surface area contributed by atoms with E-state index in [0.29, 0.717) is 23.9 Å². The molecule has 6 heteroatoms. The lowest BCUT2D eigenvalue weighted by Gasteiger charge is -2.27. The average Bonchev–Trinajstić information content (AvgIpc) is 3.38. The Morgan fingerprint density at radius 2 is 1.82 bits per heavy atom. The SMILES string of the molecule is CCOc1cccc(C2c3c(-c4ccc(Cl)cc4)n[nH]c3C(=O)N2CCc2ccccc2)c1. The molecule has 33 heavy (non-hydrogen) atoms. The van der Waals surface area contributed by atoms with Gasteiger partial charge in [0, 0.05) is 22.7 Å². The van der Waals surface area contributed by atoms with Gasteiger partial charge in [0.05, 0.1) is 18.3 Å². The molecule has 1 amide bonds. The zero-order chi connectivity index (χ0) is 22.8. The van der Waals surface area contributed by atoms with Gasteiger partial charge in [-0.3, -0.25) is 9.89 Å². The molecule has 0 radical (unpaired) electrons. The highest BCUT2D eigenvalue weighted by molar-refractivity contribution is 6.30. The number of rotatable bonds is 7. The van der Waals surface area contributed by atoms with Gasteiger partial charge in [0.1, 0.15) is 11.4 Å². The second kappa shape index (κ2) is 9.12. The zero-order valence-corrected chi connectivity index (χ0v) is 19.0. The Labute approximate surface area is 198 Å². The number of hydrogen-bond acceptors (Lipinski definition) is 3. The number of H-pyrrole nitrogens is 1. The van der Waals surface area contributed by atoms with Gasteiger partial charge < -0.3 is 9.64 Å². The molecule has 3 aromatic carbocycles. The summed E-state index contributed by atoms with van der Waals surface area (Å²) < 4.78 is 5.75. The van der Waals surface area contributed by atoms with Gasteiger partial charge in [-0.25, -0.2) is 0 Å². The topological polar surface area (TPSA) is 58.2 Å². The molecule has 5 nitrogen and oxygen atoms in total. The van der Waals surface area contributed by atoms with Crippen molar-refractivity contribution >= 4 is 17.5 Å². The number of ether oxygens (including phenoxy) is 1. The van der Waals surface area contributed by atoms with E-state index >= 15 is 0 Å². The van der Waals surface area contributed by atoms with E-state index in [9.17, 15) is 4.79 Å². The van der Waals surface area contributed by atoms with Crippen molar-refractivity contribution in [2.45, 2.75) is 19.4 Å². The number of nitrogens with one attached hydrogen (secondary N) is 1. The third-order valence-electron chi connectivity index (χ3n) is 5.95. The molecule has 1 aromatic heterocycles. The van der Waals surface area contributed by atoms with E-state index in [2.05, 4.69) is 22.3 Å². The summed E-state index contributed by atoms with van der Waals surface area (Å²) in [6.07, 6.45) is 0.766. The highest BCUT2D eigenvalue weighted by atomic mass is 35.5. The lowest BCUT2D eigenvalue weighted by molar-refractivity contribution is 0.0745. The first kappa shape index (κ1) is 21.3. The van der Waals surface area contributed by atoms with Crippen molar-refractivity contribution in [3.63, 3.8) is 0 Å². The van der Waals surface area contributed by atoms with Crippen LogP contribution in [0.3, 0.4) is 0 Å². The maximum Gasteiger partial charge on any atom is 0.273 e. The maximum atomic E-state index is 13.5. The molecule has 1 atom stereocenters. The van der Waals surface area contributed by atoms with Gasteiger partial charge in [-0.2, -0.15) is 5.10 Å². The summed E-state index contributed by atoms with van der Waals surface area (Å²) >= 11 is 6.10. The summed E-state index contributed by atoms with van der Waals surface area (Å²) in [6, 6.07) is 25.5. The third-order valence-corrected chi connectivity index (χ3v) is 6.20. The van der Waals surface area contributed by atoms with Crippen LogP contribution in [0.25, 0.3) is 11.3 Å². The van der Waals surface area contributed by atoms with E-state index < -0.39 is 0 Å². The van der Waals surface area contributed by atoms with Crippen molar-refractivity contribution in [3.05, 3.63) is 106 Å². The number of amides is 1. The fourth-order valence-corrected chi connectivity index (χ4v) is 4.56. The standard InChI is InChI=1S/C27H24ClN3O2/c1-2-33-22-10-6-9-20(17-22)26-23-24(19-11-13-21(28)14-12-19)29-30-25(23)27(32)31(26)16-15-18-7-4-3-5-8-18/h3-14,17,26H,2,15-16H2,1H3,(H,29,30). The second-order valence-corrected chi connectivity index (χ2v) is 8.45. The van der Waals surface area contributed by atoms with Crippen LogP contribution in [0.2, 0.25) is 5.02 Å². The van der Waals surface area contributed by atoms with E-state index in [1.54, 1.807) is 0 Å². The molecule has 0 fully saturated rings. The molecule has 1 aliphatic heterocycles. The molecule has 0 bridgehead atoms. The quantitative estimate of drug-likeness (QED) is 0.375. The van der Waals surface area contributed by atoms with Crippen molar-refractivity contribution < 1.29 is 9.53 Å². The fraction of sp³-hybridized carbons (Fsp3) is 0.185. The van der Waals surface area contributed by atoms with Gasteiger partial charge >= 0.3 is 0 Å². The van der Waals surface area contributed by atoms with Crippen LogP contribution in [-0.4, -0.2) is 34.2 Å². The van der Waals surface area contributed by atoms with Crippen LogP contribution in [0.1, 0.15) is 40.1 Å². The maximum absolute atomic E-state index is 13.5. The number of carbonyl (C=O) groups is 1. The minimum atomic E-state index is -0.263. The van der Waals surface area contributed by atoms with Gasteiger partial charge in [0.2, 0.25) is 0 Å². The molecule has 0 saturated heterocycles. The molecule has 166 valence electrons. The molecule has 1 aliphatic rings. The molecule has 1 N–H and O–H groups in total. The van der Waals surface area contributed by atoms with Crippen LogP contribution < -0.4 is 4.74 Å². The van der Waals surface area contributed by atoms with Gasteiger partial charge in [0.15, 0.2) is 0 Å². The number of hydrogen-bond donors (Lipinski definition) is 1. The number of benzene rings is 3. The molecule has 0 saturated carbocycles. The molecule has 0 aliphatic carbocycles. The monoisotopic (exact) mass is 457 g/mol. The Hall–Kier alpha value is -3.57. The second-order valence-electron chi connectivity index (χ2n) is 8.01. The fourth-order valence-electron chi connectivity index (χ4n) is 4.44. The van der Waals surface area contributed by atoms with Crippen LogP contribution in [-0.2, 0) is 6.42 Å². The van der Waals surface area contributed by atoms with E-state index in [1.807, 2.05) is 78.6 Å². The largest absolute Gasteiger partial charge is 0.494 e. The predicted octanol–water partition coefficient (Wildman–Crippen LogP) is 5.92. The van der Waals surface area contributed by atoms with E-state index in [0.717, 1.165) is 34.6 Å². The van der Waals surface area contributed by atoms with Crippen molar-refractivity contribution in [2.24, 2.45) is 0 Å². The summed E-state index contributed by atoms with van der Waals surface area (Å²) in [6.45, 7) is 3.14. The molecule has 5 rings (SSSR count). The van der Waals surface area contributed by atoms with E-state index in [4.69, 9.17) is 16.3 Å². The van der Waals surface area contributed by atoms with Gasteiger partial charge in [-0.05, 0) is 48.7 Å². The van der Waals surface area contributed by atoms with Crippen LogP contribution in [0.15, 0.2) is 78.9 Å². The van der Waals surface area contributed by atoms with E-state index in [-0.39, 0.29) is 11.9 Å². The van der Waals surface area contributed by atoms with Gasteiger partial charge in [-0.1, -0.05) is 66.2 Å². The number of aromatic nitrogens is 2. The lowest BCUT2D eigenvalue weighted by atomic mass is 9.95. The minimum Gasteiger partial charge on any atom is -0.494 e. The van der Waals surface area contributed by atoms with E-state index in [1.165, 1.54) is 5.56 Å². The molecule has 0 spiro atoms. The first-order chi connectivity index (χ1) is 16.2. The number of aromatic amines is 1. The summed E-state index contributed by atoms with van der Waals surface area (Å²) in [7, 11) is 0. The highest BCUT2D eigenvalue weighted by Gasteiger charge is 2.42. The van der Waals surface area contributed by atoms with Crippen molar-refractivity contribution in [3.8, 4) is 17.0 Å². The first-order valence-corrected chi connectivity index (χ1v) is 11.5. The summed E-state index contributed by atoms with van der Waals surface area (Å²) in [5.74, 6) is 0.746. The zero-order valence-electron chi connectivity index (χ0n) is 18.3. The Morgan fingerprint density at radius 1 is 1.03 bits per heavy atom. The summed E-state index contributed by atoms with van der Waals surface area (Å²) in [5, 5.41) is 8.20. The van der Waals surface area contributed by atoms with Crippen molar-refractivity contribution in [2.75, 3.05) is 13.2 Å². The van der Waals surface area contributed by atoms with Crippen LogP contribution in [0.4, 0.5) is 0 Å². The Balaban J connectivity index is 1.58. The average molecular weight is 458 g/mol. The number of nitrogens with zero attached hydrogens (tertiary/aromatic N) is 2. The number of fused-ring (bicyclic) bond motifs is 1. The molecule has 4 aromatic rings. The smallest absolute Gasteiger partial charge is 0.273 e. The molecular formula is C27H24ClN3O2. The Kier molecular flexibility index (Phi) is 5.88. The highest BCUT2D eigenvalue weighted by Crippen LogP contribution is 2.43. The first-order valence-electron chi connectivity index (χ1n) is 11.1. The lowest BCUT2D eigenvalue weighted by Crippen LogP contribution is -2.31. The normalized spacial score (nSPS) is 15.0. The molecular weight excluding hydrogens is 434 g/mol. The summed E-state index contributed by atoms with van der Waals surface area (Å²) in [4.78, 5) is 15.4. The third kappa shape index (κ3) is 4.12. The van der Waals surface area contributed by atoms with Crippen LogP contribution in [0.5, 0.6) is 5.75 Å². The van der Waals surface area contributed by atoms with Crippen LogP contribution >= 0.6 is 11.6 Å². The number of halogens is 1.